The van der Waals surface area contributed by atoms with Crippen LogP contribution in [-0.2, 0) is 0 Å². The average molecular weight is 467 g/mol. The van der Waals surface area contributed by atoms with E-state index in [2.05, 4.69) is 20.3 Å². The molecule has 0 saturated carbocycles. The van der Waals surface area contributed by atoms with Crippen LogP contribution in [0.15, 0.2) is 71.3 Å². The van der Waals surface area contributed by atoms with E-state index in [1.54, 1.807) is 38.4 Å². The molecule has 2 aromatic carbocycles. The molecule has 0 unspecified atom stereocenters. The fourth-order valence-electron chi connectivity index (χ4n) is 3.54. The third-order valence-electron chi connectivity index (χ3n) is 5.32. The SMILES string of the molecule is COc1ccc2c(OCC(=N)n3nc(-c4ccc(-c5nnc(C)o5)cc4)ccc3=N)ccnc2c1. The van der Waals surface area contributed by atoms with Gasteiger partial charge in [-0.25, -0.2) is 0 Å². The zero-order valence-electron chi connectivity index (χ0n) is 19.0. The van der Waals surface area contributed by atoms with Crippen molar-refractivity contribution in [3.63, 3.8) is 0 Å². The van der Waals surface area contributed by atoms with Gasteiger partial charge < -0.3 is 13.9 Å². The molecule has 0 spiro atoms. The minimum Gasteiger partial charge on any atom is -0.497 e. The number of aryl methyl sites for hydroxylation is 1. The highest BCUT2D eigenvalue weighted by Crippen LogP contribution is 2.27. The van der Waals surface area contributed by atoms with Crippen molar-refractivity contribution in [3.05, 3.63) is 78.2 Å². The van der Waals surface area contributed by atoms with E-state index in [1.807, 2.05) is 42.5 Å². The summed E-state index contributed by atoms with van der Waals surface area (Å²) in [5, 5.41) is 29.9. The zero-order valence-corrected chi connectivity index (χ0v) is 19.0. The van der Waals surface area contributed by atoms with Crippen molar-refractivity contribution in [2.45, 2.75) is 6.92 Å². The van der Waals surface area contributed by atoms with Gasteiger partial charge in [-0.2, -0.15) is 9.78 Å². The summed E-state index contributed by atoms with van der Waals surface area (Å²) in [5.41, 5.74) is 3.02. The standard InChI is InChI=1S/C25H21N7O3/c1-15-29-30-25(35-15)17-5-3-16(4-6-17)20-9-10-23(26)32(31-20)24(27)14-34-22-11-12-28-21-13-18(33-2)7-8-19(21)22/h3-13,26-27H,14H2,1-2H3. The fraction of sp³-hybridized carbons (Fsp3) is 0.120. The van der Waals surface area contributed by atoms with Crippen molar-refractivity contribution in [2.75, 3.05) is 13.7 Å². The highest BCUT2D eigenvalue weighted by molar-refractivity contribution is 5.87. The summed E-state index contributed by atoms with van der Waals surface area (Å²) in [4.78, 5) is 4.35. The number of nitrogens with one attached hydrogen (secondary N) is 2. The highest BCUT2D eigenvalue weighted by atomic mass is 16.5. The van der Waals surface area contributed by atoms with Crippen LogP contribution in [0.2, 0.25) is 0 Å². The Bertz CT molecular complexity index is 1590. The van der Waals surface area contributed by atoms with E-state index in [0.717, 1.165) is 22.0 Å². The number of pyridine rings is 1. The van der Waals surface area contributed by atoms with Crippen molar-refractivity contribution in [2.24, 2.45) is 0 Å². The molecule has 174 valence electrons. The summed E-state index contributed by atoms with van der Waals surface area (Å²) in [6.45, 7) is 1.66. The van der Waals surface area contributed by atoms with Crippen LogP contribution in [0.4, 0.5) is 0 Å². The monoisotopic (exact) mass is 467 g/mol. The molecule has 0 atom stereocenters. The maximum absolute atomic E-state index is 8.49. The van der Waals surface area contributed by atoms with E-state index in [-0.39, 0.29) is 17.9 Å². The van der Waals surface area contributed by atoms with E-state index in [0.29, 0.717) is 29.0 Å². The number of ether oxygens (including phenoxy) is 2. The minimum absolute atomic E-state index is 0.0216. The number of hydrogen-bond donors (Lipinski definition) is 2. The molecule has 10 nitrogen and oxygen atoms in total. The molecular formula is C25H21N7O3. The Hall–Kier alpha value is -4.86. The van der Waals surface area contributed by atoms with Gasteiger partial charge in [-0.15, -0.1) is 10.2 Å². The lowest BCUT2D eigenvalue weighted by Gasteiger charge is -2.12. The van der Waals surface area contributed by atoms with Crippen LogP contribution in [-0.4, -0.2) is 44.5 Å². The largest absolute Gasteiger partial charge is 0.497 e. The molecule has 0 fully saturated rings. The first-order chi connectivity index (χ1) is 17.0. The summed E-state index contributed by atoms with van der Waals surface area (Å²) in [7, 11) is 1.60. The quantitative estimate of drug-likeness (QED) is 0.286. The molecule has 2 N–H and O–H groups in total. The van der Waals surface area contributed by atoms with Crippen molar-refractivity contribution in [1.29, 1.82) is 10.8 Å². The van der Waals surface area contributed by atoms with Crippen molar-refractivity contribution < 1.29 is 13.9 Å². The van der Waals surface area contributed by atoms with Gasteiger partial charge in [-0.05, 0) is 42.5 Å². The highest BCUT2D eigenvalue weighted by Gasteiger charge is 2.11. The van der Waals surface area contributed by atoms with Crippen LogP contribution in [0, 0.1) is 17.7 Å². The average Bonchev–Trinajstić information content (AvgIpc) is 3.33. The predicted molar refractivity (Wildman–Crippen MR) is 128 cm³/mol. The first-order valence-corrected chi connectivity index (χ1v) is 10.7. The lowest BCUT2D eigenvalue weighted by Crippen LogP contribution is -2.32. The van der Waals surface area contributed by atoms with Crippen LogP contribution in [0.1, 0.15) is 5.89 Å². The molecule has 0 aliphatic rings. The van der Waals surface area contributed by atoms with E-state index in [4.69, 9.17) is 24.7 Å². The Labute approximate surface area is 199 Å². The third-order valence-corrected chi connectivity index (χ3v) is 5.32. The Morgan fingerprint density at radius 3 is 2.54 bits per heavy atom. The molecule has 10 heteroatoms. The van der Waals surface area contributed by atoms with Crippen molar-refractivity contribution in [3.8, 4) is 34.2 Å². The van der Waals surface area contributed by atoms with Gasteiger partial charge in [0.25, 0.3) is 0 Å². The van der Waals surface area contributed by atoms with Crippen LogP contribution in [0.5, 0.6) is 11.5 Å². The summed E-state index contributed by atoms with van der Waals surface area (Å²) in [6.07, 6.45) is 1.64. The molecule has 0 radical (unpaired) electrons. The molecule has 35 heavy (non-hydrogen) atoms. The molecule has 5 rings (SSSR count). The van der Waals surface area contributed by atoms with Gasteiger partial charge in [-0.1, -0.05) is 12.1 Å². The van der Waals surface area contributed by atoms with Crippen LogP contribution >= 0.6 is 0 Å². The number of nitrogens with zero attached hydrogens (tertiary/aromatic N) is 5. The lowest BCUT2D eigenvalue weighted by molar-refractivity contribution is 0.373. The number of fused-ring (bicyclic) bond motifs is 1. The first-order valence-electron chi connectivity index (χ1n) is 10.7. The zero-order chi connectivity index (χ0) is 24.4. The van der Waals surface area contributed by atoms with Gasteiger partial charge in [-0.3, -0.25) is 15.8 Å². The predicted octanol–water partition coefficient (Wildman–Crippen LogP) is 3.85. The second kappa shape index (κ2) is 9.18. The topological polar surface area (TPSA) is 136 Å². The van der Waals surface area contributed by atoms with Crippen molar-refractivity contribution >= 4 is 16.7 Å². The Morgan fingerprint density at radius 2 is 1.80 bits per heavy atom. The minimum atomic E-state index is -0.0758. The van der Waals surface area contributed by atoms with E-state index in [9.17, 15) is 0 Å². The molecule has 0 amide bonds. The molecule has 0 aliphatic heterocycles. The van der Waals surface area contributed by atoms with Crippen LogP contribution < -0.4 is 15.0 Å². The second-order valence-corrected chi connectivity index (χ2v) is 7.65. The maximum atomic E-state index is 8.49. The molecule has 5 aromatic rings. The molecule has 3 aromatic heterocycles. The van der Waals surface area contributed by atoms with Gasteiger partial charge in [0.1, 0.15) is 23.6 Å². The van der Waals surface area contributed by atoms with Gasteiger partial charge in [0.2, 0.25) is 11.8 Å². The normalized spacial score (nSPS) is 10.9. The van der Waals surface area contributed by atoms with Gasteiger partial charge in [0, 0.05) is 35.7 Å². The number of hydrogen-bond acceptors (Lipinski definition) is 9. The van der Waals surface area contributed by atoms with Gasteiger partial charge >= 0.3 is 0 Å². The third kappa shape index (κ3) is 4.49. The summed E-state index contributed by atoms with van der Waals surface area (Å²) in [6, 6.07) is 18.1. The van der Waals surface area contributed by atoms with Gasteiger partial charge in [0.05, 0.1) is 18.3 Å². The van der Waals surface area contributed by atoms with Crippen LogP contribution in [0.25, 0.3) is 33.6 Å². The van der Waals surface area contributed by atoms with E-state index < -0.39 is 0 Å². The lowest BCUT2D eigenvalue weighted by atomic mass is 10.1. The number of aromatic nitrogens is 5. The molecule has 0 bridgehead atoms. The summed E-state index contributed by atoms with van der Waals surface area (Å²) in [5.74, 6) is 2.24. The maximum Gasteiger partial charge on any atom is 0.247 e. The first kappa shape index (κ1) is 22.0. The Morgan fingerprint density at radius 1 is 1.00 bits per heavy atom. The Kier molecular flexibility index (Phi) is 5.76. The fourth-order valence-corrected chi connectivity index (χ4v) is 3.54. The number of rotatable bonds is 6. The molecule has 0 saturated heterocycles. The smallest absolute Gasteiger partial charge is 0.247 e. The number of benzene rings is 2. The van der Waals surface area contributed by atoms with Crippen LogP contribution in [0.3, 0.4) is 0 Å². The Balaban J connectivity index is 1.36. The van der Waals surface area contributed by atoms with Gasteiger partial charge in [0.15, 0.2) is 5.84 Å². The molecule has 0 aliphatic carbocycles. The van der Waals surface area contributed by atoms with E-state index in [1.165, 1.54) is 4.68 Å². The molecule has 3 heterocycles. The number of methoxy groups -OCH3 is 1. The summed E-state index contributed by atoms with van der Waals surface area (Å²) >= 11 is 0. The van der Waals surface area contributed by atoms with Crippen molar-refractivity contribution in [1.82, 2.24) is 25.0 Å². The summed E-state index contributed by atoms with van der Waals surface area (Å²) < 4.78 is 17.9. The second-order valence-electron chi connectivity index (χ2n) is 7.65. The molecular weight excluding hydrogens is 446 g/mol. The van der Waals surface area contributed by atoms with E-state index >= 15 is 0 Å².